The highest BCUT2D eigenvalue weighted by molar-refractivity contribution is 6.12. The standard InChI is InChI=1S/C84H71N9/c1-10-11-43-84(8,9)67-30-22-21-29-61(67)54-32-38-69-75(45-54)93-76-46-55(33-39-72(76)89(81(93)88-69)59-25-17-13-18-26-59)62-50-63(79(66(51-85)78(62)86)91-70-41-35-57(82(2,3)4)48-64(70)65-49-58(83(5,6)7)36-42-71(65)91)56-34-40-73-77(47-56)92-74-44-53(52-23-15-12-16-24-52)31-37-68(74)87-80(92)90(73)60-27-19-14-20-28-60/h11-50H,10,86H2,1-9H3/b43-11+. The molecule has 0 unspecified atom stereocenters. The first kappa shape index (κ1) is 57.0. The molecule has 11 aromatic carbocycles. The molecule has 93 heavy (non-hydrogen) atoms. The fourth-order valence-electron chi connectivity index (χ4n) is 14.4. The second-order valence-electron chi connectivity index (χ2n) is 27.6. The Kier molecular flexibility index (Phi) is 13.0. The highest BCUT2D eigenvalue weighted by Gasteiger charge is 2.29. The van der Waals surface area contributed by atoms with Gasteiger partial charge in [-0.3, -0.25) is 17.9 Å². The molecule has 0 saturated carbocycles. The molecule has 0 fully saturated rings. The summed E-state index contributed by atoms with van der Waals surface area (Å²) in [5.41, 5.74) is 32.0. The summed E-state index contributed by atoms with van der Waals surface area (Å²) in [6, 6.07) is 85.5. The number of aromatic nitrogens is 7. The number of para-hydroxylation sites is 2. The van der Waals surface area contributed by atoms with E-state index in [9.17, 15) is 5.26 Å². The van der Waals surface area contributed by atoms with E-state index in [0.29, 0.717) is 16.9 Å². The van der Waals surface area contributed by atoms with Crippen molar-refractivity contribution >= 4 is 83.2 Å². The lowest BCUT2D eigenvalue weighted by Crippen LogP contribution is -2.14. The van der Waals surface area contributed by atoms with Gasteiger partial charge < -0.3 is 10.3 Å². The average molecular weight is 1210 g/mol. The normalized spacial score (nSPS) is 12.6. The number of anilines is 1. The van der Waals surface area contributed by atoms with Crippen LogP contribution in [0.4, 0.5) is 5.69 Å². The van der Waals surface area contributed by atoms with Gasteiger partial charge in [0.05, 0.1) is 66.5 Å². The molecule has 9 heteroatoms. The minimum atomic E-state index is -0.206. The van der Waals surface area contributed by atoms with Crippen molar-refractivity contribution in [1.29, 1.82) is 5.26 Å². The van der Waals surface area contributed by atoms with Crippen LogP contribution in [0.1, 0.15) is 91.0 Å². The number of hydrogen-bond acceptors (Lipinski definition) is 4. The number of hydrogen-bond donors (Lipinski definition) is 1. The van der Waals surface area contributed by atoms with E-state index in [-0.39, 0.29) is 16.2 Å². The zero-order valence-corrected chi connectivity index (χ0v) is 54.0. The van der Waals surface area contributed by atoms with Crippen molar-refractivity contribution < 1.29 is 0 Å². The summed E-state index contributed by atoms with van der Waals surface area (Å²) >= 11 is 0. The molecule has 16 rings (SSSR count). The largest absolute Gasteiger partial charge is 0.397 e. The number of fused-ring (bicyclic) bond motifs is 13. The van der Waals surface area contributed by atoms with Crippen molar-refractivity contribution in [2.24, 2.45) is 0 Å². The number of imidazole rings is 4. The van der Waals surface area contributed by atoms with Crippen LogP contribution in [0.15, 0.2) is 243 Å². The summed E-state index contributed by atoms with van der Waals surface area (Å²) in [4.78, 5) is 10.9. The first-order valence-corrected chi connectivity index (χ1v) is 32.3. The molecule has 16 aromatic rings. The highest BCUT2D eigenvalue weighted by atomic mass is 15.2. The third-order valence-electron chi connectivity index (χ3n) is 19.2. The Balaban J connectivity index is 0.999. The minimum Gasteiger partial charge on any atom is -0.397 e. The second-order valence-corrected chi connectivity index (χ2v) is 27.6. The number of benzene rings is 11. The number of nitrogens with two attached hydrogens (primary N) is 1. The molecular formula is C84H71N9. The first-order valence-electron chi connectivity index (χ1n) is 32.3. The predicted molar refractivity (Wildman–Crippen MR) is 388 cm³/mol. The van der Waals surface area contributed by atoms with Crippen molar-refractivity contribution in [2.45, 2.75) is 85.0 Å². The van der Waals surface area contributed by atoms with E-state index >= 15 is 0 Å². The van der Waals surface area contributed by atoms with Gasteiger partial charge in [0, 0.05) is 38.7 Å². The summed E-state index contributed by atoms with van der Waals surface area (Å²) in [5, 5.41) is 14.4. The number of nitrogen functional groups attached to an aromatic ring is 1. The number of nitriles is 1. The molecule has 0 amide bonds. The fourth-order valence-corrected chi connectivity index (χ4v) is 14.4. The third kappa shape index (κ3) is 9.10. The molecule has 452 valence electrons. The van der Waals surface area contributed by atoms with Crippen LogP contribution in [-0.2, 0) is 16.2 Å². The topological polar surface area (TPSA) is 99.2 Å². The van der Waals surface area contributed by atoms with Gasteiger partial charge >= 0.3 is 0 Å². The summed E-state index contributed by atoms with van der Waals surface area (Å²) in [6.45, 7) is 20.4. The van der Waals surface area contributed by atoms with Gasteiger partial charge in [-0.05, 0) is 170 Å². The lowest BCUT2D eigenvalue weighted by molar-refractivity contribution is 0.590. The lowest BCUT2D eigenvalue weighted by Gasteiger charge is -2.24. The lowest BCUT2D eigenvalue weighted by atomic mass is 9.79. The average Bonchev–Trinajstić information content (AvgIpc) is 1.62. The summed E-state index contributed by atoms with van der Waals surface area (Å²) in [7, 11) is 0. The van der Waals surface area contributed by atoms with E-state index in [0.717, 1.165) is 134 Å². The van der Waals surface area contributed by atoms with Crippen molar-refractivity contribution in [3.63, 3.8) is 0 Å². The Bertz CT molecular complexity index is 5710. The third-order valence-corrected chi connectivity index (χ3v) is 19.2. The van der Waals surface area contributed by atoms with Crippen LogP contribution >= 0.6 is 0 Å². The van der Waals surface area contributed by atoms with Crippen LogP contribution in [0.25, 0.3) is 139 Å². The quantitative estimate of drug-likeness (QED) is 0.109. The van der Waals surface area contributed by atoms with Gasteiger partial charge in [-0.15, -0.1) is 0 Å². The molecule has 5 aromatic heterocycles. The van der Waals surface area contributed by atoms with E-state index in [1.165, 1.54) is 22.3 Å². The van der Waals surface area contributed by atoms with Crippen molar-refractivity contribution in [3.05, 3.63) is 265 Å². The number of nitrogens with zero attached hydrogens (tertiary/aromatic N) is 8. The Morgan fingerprint density at radius 2 is 0.871 bits per heavy atom. The Hall–Kier alpha value is -11.2. The summed E-state index contributed by atoms with van der Waals surface area (Å²) < 4.78 is 11.4. The molecular weight excluding hydrogens is 1130 g/mol. The molecule has 0 aliphatic carbocycles. The number of allylic oxidation sites excluding steroid dienone is 2. The maximum absolute atomic E-state index is 12.1. The Labute approximate surface area is 541 Å². The molecule has 0 aliphatic heterocycles. The fraction of sp³-hybridized carbons (Fsp3) is 0.155. The van der Waals surface area contributed by atoms with Crippen LogP contribution in [-0.4, -0.2) is 32.5 Å². The molecule has 0 bridgehead atoms. The molecule has 9 nitrogen and oxygen atoms in total. The molecule has 2 N–H and O–H groups in total. The summed E-state index contributed by atoms with van der Waals surface area (Å²) in [6.07, 6.45) is 5.56. The first-order chi connectivity index (χ1) is 45.0. The van der Waals surface area contributed by atoms with E-state index in [2.05, 4.69) is 334 Å². The van der Waals surface area contributed by atoms with E-state index < -0.39 is 0 Å². The molecule has 0 aliphatic rings. The molecule has 0 atom stereocenters. The SMILES string of the molecule is CC/C=C/C(C)(C)c1ccccc1-c1ccc2nc3n(-c4ccccc4)c4ccc(-c5cc(-c6ccc7c(c6)n6c8cc(-c9ccccc9)ccc8nc6n7-c6ccccc6)c(-n6c7ccc(C(C)(C)C)cc7c7cc(C(C)(C)C)ccc76)c(C#N)c5N)cc4n3c2c1. The summed E-state index contributed by atoms with van der Waals surface area (Å²) in [5.74, 6) is 1.59. The van der Waals surface area contributed by atoms with E-state index in [1.54, 1.807) is 0 Å². The van der Waals surface area contributed by atoms with Crippen molar-refractivity contribution in [1.82, 2.24) is 32.5 Å². The number of rotatable bonds is 10. The van der Waals surface area contributed by atoms with E-state index in [4.69, 9.17) is 15.7 Å². The van der Waals surface area contributed by atoms with E-state index in [1.807, 2.05) is 0 Å². The zero-order valence-electron chi connectivity index (χ0n) is 54.0. The minimum absolute atomic E-state index is 0.121. The highest BCUT2D eigenvalue weighted by Crippen LogP contribution is 2.47. The van der Waals surface area contributed by atoms with Crippen molar-refractivity contribution in [2.75, 3.05) is 5.73 Å². The zero-order chi connectivity index (χ0) is 63.8. The van der Waals surface area contributed by atoms with Crippen LogP contribution in [0.5, 0.6) is 0 Å². The van der Waals surface area contributed by atoms with Crippen LogP contribution in [0.2, 0.25) is 0 Å². The molecule has 0 radical (unpaired) electrons. The van der Waals surface area contributed by atoms with Gasteiger partial charge in [0.25, 0.3) is 0 Å². The van der Waals surface area contributed by atoms with Gasteiger partial charge in [0.15, 0.2) is 0 Å². The van der Waals surface area contributed by atoms with Gasteiger partial charge in [-0.25, -0.2) is 9.97 Å². The maximum atomic E-state index is 12.1. The van der Waals surface area contributed by atoms with Gasteiger partial charge in [-0.2, -0.15) is 5.26 Å². The van der Waals surface area contributed by atoms with Crippen LogP contribution in [0.3, 0.4) is 0 Å². The Morgan fingerprint density at radius 1 is 0.419 bits per heavy atom. The second kappa shape index (κ2) is 21.2. The smallest absolute Gasteiger partial charge is 0.220 e. The maximum Gasteiger partial charge on any atom is 0.220 e. The molecule has 0 spiro atoms. The monoisotopic (exact) mass is 1210 g/mol. The van der Waals surface area contributed by atoms with Gasteiger partial charge in [-0.1, -0.05) is 202 Å². The predicted octanol–water partition coefficient (Wildman–Crippen LogP) is 21.2. The van der Waals surface area contributed by atoms with Crippen molar-refractivity contribution in [3.8, 4) is 67.6 Å². The van der Waals surface area contributed by atoms with Gasteiger partial charge in [0.1, 0.15) is 11.6 Å². The van der Waals surface area contributed by atoms with Gasteiger partial charge in [0.2, 0.25) is 11.6 Å². The molecule has 0 saturated heterocycles. The van der Waals surface area contributed by atoms with Crippen LogP contribution in [0, 0.1) is 11.3 Å². The molecule has 5 heterocycles. The Morgan fingerprint density at radius 3 is 1.40 bits per heavy atom. The van der Waals surface area contributed by atoms with Crippen LogP contribution < -0.4 is 5.73 Å².